The number of sulfone groups is 1. The van der Waals surface area contributed by atoms with Crippen molar-refractivity contribution in [1.29, 1.82) is 0 Å². The molecule has 1 aliphatic rings. The van der Waals surface area contributed by atoms with Crippen molar-refractivity contribution in [2.24, 2.45) is 11.7 Å². The van der Waals surface area contributed by atoms with E-state index in [4.69, 9.17) is 5.73 Å². The fourth-order valence-corrected chi connectivity index (χ4v) is 6.03. The van der Waals surface area contributed by atoms with Gasteiger partial charge in [-0.2, -0.15) is 0 Å². The molecule has 6 nitrogen and oxygen atoms in total. The predicted octanol–water partition coefficient (Wildman–Crippen LogP) is -0.184. The third-order valence-electron chi connectivity index (χ3n) is 3.55. The van der Waals surface area contributed by atoms with Crippen LogP contribution >= 0.6 is 0 Å². The summed E-state index contributed by atoms with van der Waals surface area (Å²) in [6.07, 6.45) is 4.43. The maximum atomic E-state index is 11.9. The van der Waals surface area contributed by atoms with Gasteiger partial charge < -0.3 is 5.73 Å². The highest BCUT2D eigenvalue weighted by Crippen LogP contribution is 2.33. The van der Waals surface area contributed by atoms with Crippen LogP contribution in [0.1, 0.15) is 32.6 Å². The van der Waals surface area contributed by atoms with Gasteiger partial charge in [0, 0.05) is 18.3 Å². The number of nitrogens with two attached hydrogens (primary N) is 1. The standard InChI is InChI=1S/C10H22N2O4S2/c1-9-5-3-4-6-10(9,7-11)12-18(15,16)8-17(2,13)14/h9,12H,3-8,11H2,1-2H3. The van der Waals surface area contributed by atoms with Crippen LogP contribution in [0.4, 0.5) is 0 Å². The van der Waals surface area contributed by atoms with Gasteiger partial charge in [-0.1, -0.05) is 19.8 Å². The maximum Gasteiger partial charge on any atom is 0.226 e. The minimum absolute atomic E-state index is 0.116. The second kappa shape index (κ2) is 5.44. The Hall–Kier alpha value is -0.180. The van der Waals surface area contributed by atoms with Crippen LogP contribution in [0.5, 0.6) is 0 Å². The van der Waals surface area contributed by atoms with E-state index >= 15 is 0 Å². The van der Waals surface area contributed by atoms with Gasteiger partial charge in [0.15, 0.2) is 14.9 Å². The van der Waals surface area contributed by atoms with Gasteiger partial charge in [-0.25, -0.2) is 21.6 Å². The summed E-state index contributed by atoms with van der Waals surface area (Å²) in [5, 5.41) is -0.880. The number of sulfonamides is 1. The van der Waals surface area contributed by atoms with Gasteiger partial charge in [0.05, 0.1) is 0 Å². The molecule has 0 heterocycles. The van der Waals surface area contributed by atoms with Crippen molar-refractivity contribution in [3.05, 3.63) is 0 Å². The van der Waals surface area contributed by atoms with Gasteiger partial charge in [0.2, 0.25) is 10.0 Å². The SMILES string of the molecule is CC1CCCCC1(CN)NS(=O)(=O)CS(C)(=O)=O. The summed E-state index contributed by atoms with van der Waals surface area (Å²) in [6, 6.07) is 0. The summed E-state index contributed by atoms with van der Waals surface area (Å²) in [5.41, 5.74) is 5.03. The molecule has 0 aromatic rings. The first kappa shape index (κ1) is 15.9. The summed E-state index contributed by atoms with van der Waals surface area (Å²) in [7, 11) is -7.44. The average Bonchev–Trinajstić information content (AvgIpc) is 2.17. The fraction of sp³-hybridized carbons (Fsp3) is 1.00. The van der Waals surface area contributed by atoms with Gasteiger partial charge in [-0.3, -0.25) is 0 Å². The van der Waals surface area contributed by atoms with Crippen LogP contribution in [0.15, 0.2) is 0 Å². The normalized spacial score (nSPS) is 30.3. The number of hydrogen-bond acceptors (Lipinski definition) is 5. The topological polar surface area (TPSA) is 106 Å². The number of nitrogens with one attached hydrogen (secondary N) is 1. The van der Waals surface area contributed by atoms with Crippen molar-refractivity contribution < 1.29 is 16.8 Å². The smallest absolute Gasteiger partial charge is 0.226 e. The van der Waals surface area contributed by atoms with Crippen molar-refractivity contribution >= 4 is 19.9 Å². The van der Waals surface area contributed by atoms with E-state index in [1.165, 1.54) is 0 Å². The molecule has 0 aliphatic heterocycles. The molecule has 0 aromatic heterocycles. The summed E-state index contributed by atoms with van der Waals surface area (Å²) in [6.45, 7) is 2.14. The fourth-order valence-electron chi connectivity index (χ4n) is 2.53. The van der Waals surface area contributed by atoms with E-state index in [2.05, 4.69) is 4.72 Å². The third kappa shape index (κ3) is 4.18. The Labute approximate surface area is 109 Å². The van der Waals surface area contributed by atoms with E-state index in [1.54, 1.807) is 0 Å². The van der Waals surface area contributed by atoms with Crippen molar-refractivity contribution in [2.75, 3.05) is 17.9 Å². The lowest BCUT2D eigenvalue weighted by Crippen LogP contribution is -2.59. The zero-order valence-electron chi connectivity index (χ0n) is 10.8. The molecule has 0 aromatic carbocycles. The quantitative estimate of drug-likeness (QED) is 0.732. The Morgan fingerprint density at radius 2 is 1.89 bits per heavy atom. The maximum absolute atomic E-state index is 11.9. The number of rotatable bonds is 5. The molecule has 8 heteroatoms. The van der Waals surface area contributed by atoms with Crippen LogP contribution < -0.4 is 10.5 Å². The predicted molar refractivity (Wildman–Crippen MR) is 71.2 cm³/mol. The monoisotopic (exact) mass is 298 g/mol. The van der Waals surface area contributed by atoms with Crippen molar-refractivity contribution in [3.63, 3.8) is 0 Å². The summed E-state index contributed by atoms with van der Waals surface area (Å²) >= 11 is 0. The van der Waals surface area contributed by atoms with Crippen LogP contribution in [0.25, 0.3) is 0 Å². The third-order valence-corrected chi connectivity index (χ3v) is 7.22. The Morgan fingerprint density at radius 1 is 1.28 bits per heavy atom. The zero-order valence-corrected chi connectivity index (χ0v) is 12.5. The molecule has 18 heavy (non-hydrogen) atoms. The molecule has 0 amide bonds. The molecule has 0 spiro atoms. The summed E-state index contributed by atoms with van der Waals surface area (Å²) in [4.78, 5) is 0. The van der Waals surface area contributed by atoms with Gasteiger partial charge >= 0.3 is 0 Å². The summed E-state index contributed by atoms with van der Waals surface area (Å²) in [5.74, 6) is 0.116. The molecule has 3 N–H and O–H groups in total. The highest BCUT2D eigenvalue weighted by atomic mass is 32.3. The molecule has 108 valence electrons. The molecule has 0 bridgehead atoms. The summed E-state index contributed by atoms with van der Waals surface area (Å²) < 4.78 is 48.5. The lowest BCUT2D eigenvalue weighted by atomic mass is 9.74. The molecule has 0 radical (unpaired) electrons. The van der Waals surface area contributed by atoms with E-state index < -0.39 is 30.5 Å². The first-order valence-electron chi connectivity index (χ1n) is 6.00. The van der Waals surface area contributed by atoms with E-state index in [1.807, 2.05) is 6.92 Å². The van der Waals surface area contributed by atoms with Gasteiger partial charge in [-0.15, -0.1) is 0 Å². The first-order chi connectivity index (χ1) is 8.10. The van der Waals surface area contributed by atoms with Crippen molar-refractivity contribution in [1.82, 2.24) is 4.72 Å². The molecular formula is C10H22N2O4S2. The molecule has 0 saturated heterocycles. The van der Waals surface area contributed by atoms with E-state index in [-0.39, 0.29) is 12.5 Å². The lowest BCUT2D eigenvalue weighted by Gasteiger charge is -2.42. The van der Waals surface area contributed by atoms with Crippen LogP contribution in [-0.4, -0.2) is 40.3 Å². The zero-order chi connectivity index (χ0) is 14.0. The Kier molecular flexibility index (Phi) is 4.80. The molecule has 1 aliphatic carbocycles. The van der Waals surface area contributed by atoms with Crippen molar-refractivity contribution in [3.8, 4) is 0 Å². The highest BCUT2D eigenvalue weighted by molar-refractivity contribution is 8.06. The second-order valence-corrected chi connectivity index (χ2v) is 9.50. The second-order valence-electron chi connectivity index (χ2n) is 5.27. The Bertz CT molecular complexity index is 486. The Morgan fingerprint density at radius 3 is 2.33 bits per heavy atom. The Balaban J connectivity index is 2.92. The van der Waals surface area contributed by atoms with Gasteiger partial charge in [0.1, 0.15) is 0 Å². The van der Waals surface area contributed by atoms with Gasteiger partial charge in [0.25, 0.3) is 0 Å². The van der Waals surface area contributed by atoms with Crippen LogP contribution in [0.3, 0.4) is 0 Å². The first-order valence-corrected chi connectivity index (χ1v) is 9.71. The van der Waals surface area contributed by atoms with E-state index in [0.717, 1.165) is 25.5 Å². The molecule has 1 saturated carbocycles. The molecule has 1 fully saturated rings. The highest BCUT2D eigenvalue weighted by Gasteiger charge is 2.40. The van der Waals surface area contributed by atoms with E-state index in [0.29, 0.717) is 6.42 Å². The molecule has 2 unspecified atom stereocenters. The van der Waals surface area contributed by atoms with Crippen molar-refractivity contribution in [2.45, 2.75) is 38.1 Å². The van der Waals surface area contributed by atoms with Gasteiger partial charge in [-0.05, 0) is 18.8 Å². The minimum atomic E-state index is -3.86. The largest absolute Gasteiger partial charge is 0.329 e. The molecule has 1 rings (SSSR count). The molecule has 2 atom stereocenters. The lowest BCUT2D eigenvalue weighted by molar-refractivity contribution is 0.191. The molecular weight excluding hydrogens is 276 g/mol. The average molecular weight is 298 g/mol. The van der Waals surface area contributed by atoms with E-state index in [9.17, 15) is 16.8 Å². The number of hydrogen-bond donors (Lipinski definition) is 2. The van der Waals surface area contributed by atoms with Crippen LogP contribution in [0.2, 0.25) is 0 Å². The minimum Gasteiger partial charge on any atom is -0.329 e. The van der Waals surface area contributed by atoms with Crippen LogP contribution in [0, 0.1) is 5.92 Å². The van der Waals surface area contributed by atoms with Crippen LogP contribution in [-0.2, 0) is 19.9 Å².